The molecule has 0 saturated heterocycles. The Labute approximate surface area is 128 Å². The van der Waals surface area contributed by atoms with Gasteiger partial charge in [-0.3, -0.25) is 4.79 Å². The van der Waals surface area contributed by atoms with Crippen molar-refractivity contribution in [3.8, 4) is 0 Å². The van der Waals surface area contributed by atoms with Crippen LogP contribution in [0.1, 0.15) is 25.7 Å². The van der Waals surface area contributed by atoms with Crippen molar-refractivity contribution in [1.29, 1.82) is 0 Å². The predicted octanol–water partition coefficient (Wildman–Crippen LogP) is 0.796. The predicted molar refractivity (Wildman–Crippen MR) is 82.3 cm³/mol. The topological polar surface area (TPSA) is 67.6 Å². The van der Waals surface area contributed by atoms with Gasteiger partial charge in [-0.05, 0) is 19.9 Å². The molecule has 0 aromatic rings. The molecular formula is C12H27Cl2N3O2. The van der Waals surface area contributed by atoms with Crippen LogP contribution in [0, 0.1) is 0 Å². The van der Waals surface area contributed by atoms with E-state index >= 15 is 0 Å². The summed E-state index contributed by atoms with van der Waals surface area (Å²) >= 11 is 0. The first-order valence-corrected chi connectivity index (χ1v) is 6.33. The third-order valence-electron chi connectivity index (χ3n) is 3.40. The highest BCUT2D eigenvalue weighted by atomic mass is 35.5. The molecule has 0 atom stereocenters. The molecule has 7 heteroatoms. The Kier molecular flexibility index (Phi) is 11.9. The van der Waals surface area contributed by atoms with Gasteiger partial charge in [0.15, 0.2) is 0 Å². The van der Waals surface area contributed by atoms with E-state index in [0.29, 0.717) is 13.2 Å². The molecule has 1 aliphatic rings. The van der Waals surface area contributed by atoms with Crippen LogP contribution in [0.2, 0.25) is 0 Å². The summed E-state index contributed by atoms with van der Waals surface area (Å²) in [6.07, 6.45) is 3.77. The Morgan fingerprint density at radius 3 is 2.42 bits per heavy atom. The Morgan fingerprint density at radius 2 is 1.89 bits per heavy atom. The molecule has 0 aromatic heterocycles. The van der Waals surface area contributed by atoms with Crippen molar-refractivity contribution in [2.45, 2.75) is 31.2 Å². The number of nitrogens with one attached hydrogen (secondary N) is 1. The maximum Gasteiger partial charge on any atom is 0.240 e. The van der Waals surface area contributed by atoms with Crippen molar-refractivity contribution in [2.24, 2.45) is 5.73 Å². The smallest absolute Gasteiger partial charge is 0.240 e. The molecule has 1 fully saturated rings. The van der Waals surface area contributed by atoms with Gasteiger partial charge < -0.3 is 20.7 Å². The number of methoxy groups -OCH3 is 1. The molecular weight excluding hydrogens is 289 g/mol. The summed E-state index contributed by atoms with van der Waals surface area (Å²) in [7, 11) is 3.70. The van der Waals surface area contributed by atoms with Crippen molar-refractivity contribution in [3.05, 3.63) is 0 Å². The summed E-state index contributed by atoms with van der Waals surface area (Å²) in [6.45, 7) is 3.06. The largest absolute Gasteiger partial charge is 0.383 e. The average Bonchev–Trinajstić information content (AvgIpc) is 2.74. The Hall–Kier alpha value is -0.0700. The third kappa shape index (κ3) is 7.32. The number of hydrogen-bond donors (Lipinski definition) is 2. The van der Waals surface area contributed by atoms with E-state index < -0.39 is 5.54 Å². The van der Waals surface area contributed by atoms with Crippen LogP contribution in [0.3, 0.4) is 0 Å². The van der Waals surface area contributed by atoms with Gasteiger partial charge in [0, 0.05) is 26.7 Å². The number of carbonyl (C=O) groups excluding carboxylic acids is 1. The summed E-state index contributed by atoms with van der Waals surface area (Å²) in [4.78, 5) is 14.0. The van der Waals surface area contributed by atoms with Crippen molar-refractivity contribution in [1.82, 2.24) is 10.2 Å². The highest BCUT2D eigenvalue weighted by Crippen LogP contribution is 2.26. The van der Waals surface area contributed by atoms with Gasteiger partial charge in [0.25, 0.3) is 0 Å². The van der Waals surface area contributed by atoms with Gasteiger partial charge in [-0.25, -0.2) is 0 Å². The van der Waals surface area contributed by atoms with Crippen LogP contribution in [-0.4, -0.2) is 56.7 Å². The molecule has 0 unspecified atom stereocenters. The average molecular weight is 316 g/mol. The Morgan fingerprint density at radius 1 is 1.32 bits per heavy atom. The maximum atomic E-state index is 11.9. The first-order valence-electron chi connectivity index (χ1n) is 6.33. The lowest BCUT2D eigenvalue weighted by atomic mass is 9.98. The van der Waals surface area contributed by atoms with Gasteiger partial charge in [-0.15, -0.1) is 24.8 Å². The van der Waals surface area contributed by atoms with Crippen LogP contribution in [0.15, 0.2) is 0 Å². The Bertz CT molecular complexity index is 249. The third-order valence-corrected chi connectivity index (χ3v) is 3.40. The standard InChI is InChI=1S/C12H25N3O2.2ClH/c1-15(9-10-17-2)8-7-14-11(16)12(13)5-3-4-6-12;;/h3-10,13H2,1-2H3,(H,14,16);2*1H. The number of carbonyl (C=O) groups is 1. The minimum atomic E-state index is -0.606. The Balaban J connectivity index is 0. The molecule has 5 nitrogen and oxygen atoms in total. The van der Waals surface area contributed by atoms with Crippen molar-refractivity contribution in [3.63, 3.8) is 0 Å². The van der Waals surface area contributed by atoms with Crippen LogP contribution in [0.4, 0.5) is 0 Å². The zero-order chi connectivity index (χ0) is 12.7. The van der Waals surface area contributed by atoms with Crippen LogP contribution < -0.4 is 11.1 Å². The van der Waals surface area contributed by atoms with Gasteiger partial charge in [0.1, 0.15) is 0 Å². The monoisotopic (exact) mass is 315 g/mol. The van der Waals surface area contributed by atoms with E-state index in [1.807, 2.05) is 7.05 Å². The number of nitrogens with two attached hydrogens (primary N) is 1. The van der Waals surface area contributed by atoms with Gasteiger partial charge in [-0.1, -0.05) is 12.8 Å². The van der Waals surface area contributed by atoms with E-state index in [0.717, 1.165) is 38.8 Å². The number of amides is 1. The molecule has 3 N–H and O–H groups in total. The molecule has 1 aliphatic carbocycles. The summed E-state index contributed by atoms with van der Waals surface area (Å²) in [5, 5.41) is 2.93. The number of nitrogens with zero attached hydrogens (tertiary/aromatic N) is 1. The van der Waals surface area contributed by atoms with Crippen molar-refractivity contribution < 1.29 is 9.53 Å². The number of likely N-dealkylation sites (N-methyl/N-ethyl adjacent to an activating group) is 1. The van der Waals surface area contributed by atoms with E-state index in [1.54, 1.807) is 7.11 Å². The highest BCUT2D eigenvalue weighted by molar-refractivity contribution is 5.86. The molecule has 0 bridgehead atoms. The molecule has 1 saturated carbocycles. The lowest BCUT2D eigenvalue weighted by Crippen LogP contribution is -2.53. The molecule has 0 aliphatic heterocycles. The van der Waals surface area contributed by atoms with Crippen molar-refractivity contribution in [2.75, 3.05) is 40.4 Å². The second kappa shape index (κ2) is 10.7. The fraction of sp³-hybridized carbons (Fsp3) is 0.917. The second-order valence-corrected chi connectivity index (χ2v) is 4.92. The molecule has 1 amide bonds. The lowest BCUT2D eigenvalue weighted by molar-refractivity contribution is -0.126. The quantitative estimate of drug-likeness (QED) is 0.729. The van der Waals surface area contributed by atoms with E-state index in [4.69, 9.17) is 10.5 Å². The zero-order valence-electron chi connectivity index (χ0n) is 11.8. The van der Waals surface area contributed by atoms with Crippen LogP contribution in [0.25, 0.3) is 0 Å². The first-order chi connectivity index (χ1) is 8.08. The molecule has 116 valence electrons. The van der Waals surface area contributed by atoms with E-state index in [1.165, 1.54) is 0 Å². The van der Waals surface area contributed by atoms with E-state index in [9.17, 15) is 4.79 Å². The molecule has 0 aromatic carbocycles. The number of hydrogen-bond acceptors (Lipinski definition) is 4. The minimum absolute atomic E-state index is 0. The maximum absolute atomic E-state index is 11.9. The van der Waals surface area contributed by atoms with Crippen LogP contribution in [0.5, 0.6) is 0 Å². The summed E-state index contributed by atoms with van der Waals surface area (Å²) in [6, 6.07) is 0. The molecule has 0 heterocycles. The highest BCUT2D eigenvalue weighted by Gasteiger charge is 2.36. The number of ether oxygens (including phenoxy) is 1. The van der Waals surface area contributed by atoms with Crippen molar-refractivity contribution >= 4 is 30.7 Å². The summed E-state index contributed by atoms with van der Waals surface area (Å²) in [5.41, 5.74) is 5.45. The summed E-state index contributed by atoms with van der Waals surface area (Å²) in [5.74, 6) is 0.00939. The molecule has 1 rings (SSSR count). The van der Waals surface area contributed by atoms with Gasteiger partial charge >= 0.3 is 0 Å². The van der Waals surface area contributed by atoms with Gasteiger partial charge in [0.05, 0.1) is 12.1 Å². The fourth-order valence-corrected chi connectivity index (χ4v) is 2.13. The lowest BCUT2D eigenvalue weighted by Gasteiger charge is -2.23. The van der Waals surface area contributed by atoms with Crippen LogP contribution >= 0.6 is 24.8 Å². The van der Waals surface area contributed by atoms with Gasteiger partial charge in [0.2, 0.25) is 5.91 Å². The van der Waals surface area contributed by atoms with Gasteiger partial charge in [-0.2, -0.15) is 0 Å². The molecule has 19 heavy (non-hydrogen) atoms. The molecule has 0 spiro atoms. The normalized spacial score (nSPS) is 16.6. The van der Waals surface area contributed by atoms with Crippen LogP contribution in [-0.2, 0) is 9.53 Å². The minimum Gasteiger partial charge on any atom is -0.383 e. The van der Waals surface area contributed by atoms with E-state index in [-0.39, 0.29) is 30.7 Å². The van der Waals surface area contributed by atoms with E-state index in [2.05, 4.69) is 10.2 Å². The number of halogens is 2. The zero-order valence-corrected chi connectivity index (χ0v) is 13.4. The summed E-state index contributed by atoms with van der Waals surface area (Å²) < 4.78 is 4.99. The second-order valence-electron chi connectivity index (χ2n) is 4.92. The number of rotatable bonds is 7. The molecule has 0 radical (unpaired) electrons. The SMILES string of the molecule is COCCN(C)CCNC(=O)C1(N)CCCC1.Cl.Cl. The first kappa shape index (κ1) is 21.2. The fourth-order valence-electron chi connectivity index (χ4n) is 2.13.